The molecule has 0 aromatic rings. The first-order chi connectivity index (χ1) is 35.2. The Morgan fingerprint density at radius 3 is 2.19 bits per heavy atom. The van der Waals surface area contributed by atoms with Crippen molar-refractivity contribution in [3.05, 3.63) is 47.6 Å². The van der Waals surface area contributed by atoms with E-state index in [2.05, 4.69) is 6.92 Å². The molecule has 1 amide bonds. The number of ether oxygens (including phenoxy) is 8. The molecule has 16 heteroatoms. The summed E-state index contributed by atoms with van der Waals surface area (Å²) in [5.41, 5.74) is 1.53. The second kappa shape index (κ2) is 31.1. The second-order valence-electron chi connectivity index (χ2n) is 22.1. The summed E-state index contributed by atoms with van der Waals surface area (Å²) in [7, 11) is 10.3. The molecule has 16 nitrogen and oxygen atoms in total. The lowest BCUT2D eigenvalue weighted by molar-refractivity contribution is -0.266. The van der Waals surface area contributed by atoms with Gasteiger partial charge in [0.05, 0.1) is 44.2 Å². The van der Waals surface area contributed by atoms with E-state index in [1.807, 2.05) is 77.1 Å². The van der Waals surface area contributed by atoms with Gasteiger partial charge in [0.2, 0.25) is 5.79 Å². The molecule has 1 aliphatic carbocycles. The highest BCUT2D eigenvalue weighted by Gasteiger charge is 2.53. The number of likely N-dealkylation sites (N-methyl/N-ethyl adjacent to an activating group) is 1. The lowest BCUT2D eigenvalue weighted by atomic mass is 9.78. The molecule has 0 aromatic carbocycles. The molecule has 2 bridgehead atoms. The number of hydrogen-bond donors (Lipinski definition) is 1. The average molecular weight is 1040 g/mol. The van der Waals surface area contributed by atoms with Crippen molar-refractivity contribution >= 4 is 29.2 Å². The van der Waals surface area contributed by atoms with Crippen molar-refractivity contribution in [1.29, 1.82) is 0 Å². The Labute approximate surface area is 443 Å². The van der Waals surface area contributed by atoms with E-state index in [1.54, 1.807) is 34.1 Å². The number of hydrogen-bond acceptors (Lipinski definition) is 15. The van der Waals surface area contributed by atoms with Crippen LogP contribution in [0.3, 0.4) is 0 Å². The summed E-state index contributed by atoms with van der Waals surface area (Å²) in [5.74, 6) is -7.38. The maximum absolute atomic E-state index is 14.6. The van der Waals surface area contributed by atoms with Crippen LogP contribution >= 0.6 is 0 Å². The first kappa shape index (κ1) is 63.1. The highest BCUT2D eigenvalue weighted by atomic mass is 16.6. The number of Topliss-reactive ketones (excluding diaryl/α,β-unsaturated/α-hetero) is 3. The third-order valence-electron chi connectivity index (χ3n) is 15.9. The smallest absolute Gasteiger partial charge is 0.329 e. The van der Waals surface area contributed by atoms with Gasteiger partial charge in [-0.15, -0.1) is 0 Å². The van der Waals surface area contributed by atoms with Crippen LogP contribution in [0.5, 0.6) is 0 Å². The molecule has 3 fully saturated rings. The molecule has 0 spiro atoms. The van der Waals surface area contributed by atoms with Crippen LogP contribution in [0.15, 0.2) is 47.6 Å². The zero-order chi connectivity index (χ0) is 54.7. The standard InChI is InChI=1S/C58H94N2O14/c1-37-19-15-14-16-20-38(2)49(72-30-29-71-28-27-59(8)9)35-45-24-22-43(7)58(66,74-45)55(63)56(64)60-26-18-17-21-46(60)57(65)73-50(40(4)33-44-23-25-48(67-10)51(34-44)68-11)36-47(61)39(3)32-42(6)53(69-12)54(70-13)52(62)41(5)31-37/h14-16,19-20,32,37,39-41,43-46,48-51,53-54,66H,17-18,21-31,33-36H2,1-13H3/b16-14+,19-15+,38-20+,42-32+/t37-,39-,40-,41-,43-,44+,45+,46+,48-,49?,50+,51-,53-,54+,58-/m1/s1. The van der Waals surface area contributed by atoms with Crippen molar-refractivity contribution in [2.45, 2.75) is 180 Å². The summed E-state index contributed by atoms with van der Waals surface area (Å²) in [5, 5.41) is 12.2. The Balaban J connectivity index is 1.72. The number of fused-ring (bicyclic) bond motifs is 3. The average Bonchev–Trinajstić information content (AvgIpc) is 3.37. The first-order valence-corrected chi connectivity index (χ1v) is 27.4. The molecule has 1 saturated carbocycles. The van der Waals surface area contributed by atoms with E-state index >= 15 is 0 Å². The summed E-state index contributed by atoms with van der Waals surface area (Å²) in [6, 6.07) is -1.13. The zero-order valence-corrected chi connectivity index (χ0v) is 47.2. The molecule has 74 heavy (non-hydrogen) atoms. The van der Waals surface area contributed by atoms with Gasteiger partial charge in [-0.2, -0.15) is 0 Å². The fourth-order valence-corrected chi connectivity index (χ4v) is 11.2. The van der Waals surface area contributed by atoms with Gasteiger partial charge in [0.1, 0.15) is 30.1 Å². The van der Waals surface area contributed by atoms with E-state index in [0.29, 0.717) is 70.3 Å². The van der Waals surface area contributed by atoms with Crippen molar-refractivity contribution in [3.8, 4) is 0 Å². The van der Waals surface area contributed by atoms with Gasteiger partial charge in [0.25, 0.3) is 11.7 Å². The molecular formula is C58H94N2O14. The number of amides is 1. The third-order valence-corrected chi connectivity index (χ3v) is 15.9. The largest absolute Gasteiger partial charge is 0.460 e. The number of carbonyl (C=O) groups is 5. The van der Waals surface area contributed by atoms with Crippen LogP contribution in [0, 0.1) is 35.5 Å². The third kappa shape index (κ3) is 18.1. The number of ketones is 3. The van der Waals surface area contributed by atoms with Crippen LogP contribution in [0.2, 0.25) is 0 Å². The number of nitrogens with zero attached hydrogens (tertiary/aromatic N) is 2. The van der Waals surface area contributed by atoms with Gasteiger partial charge in [-0.05, 0) is 121 Å². The van der Waals surface area contributed by atoms with Crippen molar-refractivity contribution in [2.24, 2.45) is 35.5 Å². The Bertz CT molecular complexity index is 1930. The van der Waals surface area contributed by atoms with E-state index < -0.39 is 71.8 Å². The Morgan fingerprint density at radius 1 is 0.797 bits per heavy atom. The van der Waals surface area contributed by atoms with Crippen LogP contribution in [0.25, 0.3) is 0 Å². The fraction of sp³-hybridized carbons (Fsp3) is 0.776. The van der Waals surface area contributed by atoms with Crippen molar-refractivity contribution in [2.75, 3.05) is 75.4 Å². The predicted octanol–water partition coefficient (Wildman–Crippen LogP) is 7.44. The van der Waals surface area contributed by atoms with E-state index in [1.165, 1.54) is 19.1 Å². The lowest BCUT2D eigenvalue weighted by Crippen LogP contribution is -2.61. The fourth-order valence-electron chi connectivity index (χ4n) is 11.2. The van der Waals surface area contributed by atoms with Gasteiger partial charge >= 0.3 is 5.97 Å². The van der Waals surface area contributed by atoms with Gasteiger partial charge in [-0.3, -0.25) is 19.2 Å². The second-order valence-corrected chi connectivity index (χ2v) is 22.1. The van der Waals surface area contributed by atoms with Crippen LogP contribution in [-0.4, -0.2) is 174 Å². The topological polar surface area (TPSA) is 186 Å². The van der Waals surface area contributed by atoms with Gasteiger partial charge in [-0.25, -0.2) is 4.79 Å². The van der Waals surface area contributed by atoms with Gasteiger partial charge < -0.3 is 52.8 Å². The number of rotatable bonds is 14. The molecule has 2 saturated heterocycles. The Morgan fingerprint density at radius 2 is 1.51 bits per heavy atom. The highest BCUT2D eigenvalue weighted by molar-refractivity contribution is 6.39. The zero-order valence-electron chi connectivity index (χ0n) is 47.2. The summed E-state index contributed by atoms with van der Waals surface area (Å²) in [6.07, 6.45) is 13.8. The summed E-state index contributed by atoms with van der Waals surface area (Å²) >= 11 is 0. The van der Waals surface area contributed by atoms with Crippen molar-refractivity contribution in [1.82, 2.24) is 9.80 Å². The van der Waals surface area contributed by atoms with E-state index in [-0.39, 0.29) is 66.8 Å². The summed E-state index contributed by atoms with van der Waals surface area (Å²) in [4.78, 5) is 75.3. The van der Waals surface area contributed by atoms with Gasteiger partial charge in [0.15, 0.2) is 5.78 Å². The molecule has 420 valence electrons. The monoisotopic (exact) mass is 1040 g/mol. The number of carbonyl (C=O) groups excluding carboxylic acids is 5. The normalized spacial score (nSPS) is 37.0. The summed E-state index contributed by atoms with van der Waals surface area (Å²) < 4.78 is 48.2. The molecular weight excluding hydrogens is 949 g/mol. The van der Waals surface area contributed by atoms with Gasteiger partial charge in [0, 0.05) is 72.1 Å². The Kier molecular flexibility index (Phi) is 26.5. The van der Waals surface area contributed by atoms with Gasteiger partial charge in [-0.1, -0.05) is 71.1 Å². The molecule has 4 rings (SSSR count). The molecule has 1 N–H and O–H groups in total. The van der Waals surface area contributed by atoms with Crippen molar-refractivity contribution in [3.63, 3.8) is 0 Å². The van der Waals surface area contributed by atoms with E-state index in [9.17, 15) is 29.1 Å². The molecule has 3 aliphatic heterocycles. The minimum atomic E-state index is -2.45. The van der Waals surface area contributed by atoms with Crippen LogP contribution < -0.4 is 0 Å². The SMILES string of the molecule is CO[C@@H]1/C(C)=C/[C@@H](C)C(=O)C[C@@H]([C@H](C)C[C@@H]2CC[C@@H](OC)[C@H](OC)C2)OC(=O)[C@@H]2CCCCN2C(=O)C(=O)[C@]2(O)O[C@@H](CC[C@H]2C)CC(OCCOCCN(C)C)/C(C)=C/C=C/C=C/[C@@H](C)C[C@@H](C)C(=O)[C@@H]1OC. The van der Waals surface area contributed by atoms with Crippen molar-refractivity contribution < 1.29 is 67.0 Å². The molecule has 0 radical (unpaired) electrons. The van der Waals surface area contributed by atoms with Crippen LogP contribution in [0.1, 0.15) is 126 Å². The number of methoxy groups -OCH3 is 4. The van der Waals surface area contributed by atoms with E-state index in [0.717, 1.165) is 31.4 Å². The Hall–Kier alpha value is -3.45. The quantitative estimate of drug-likeness (QED) is 0.0783. The van der Waals surface area contributed by atoms with Crippen LogP contribution in [0.4, 0.5) is 0 Å². The molecule has 0 aromatic heterocycles. The number of allylic oxidation sites excluding steroid dienone is 6. The maximum atomic E-state index is 14.6. The minimum Gasteiger partial charge on any atom is -0.460 e. The number of aliphatic hydroxyl groups is 1. The summed E-state index contributed by atoms with van der Waals surface area (Å²) in [6.45, 7) is 15.2. The minimum absolute atomic E-state index is 0.0307. The maximum Gasteiger partial charge on any atom is 0.329 e. The van der Waals surface area contributed by atoms with E-state index in [4.69, 9.17) is 37.9 Å². The molecule has 3 heterocycles. The molecule has 4 aliphatic rings. The first-order valence-electron chi connectivity index (χ1n) is 27.4. The molecule has 15 atom stereocenters. The highest BCUT2D eigenvalue weighted by Crippen LogP contribution is 2.38. The number of esters is 1. The molecule has 1 unspecified atom stereocenters. The van der Waals surface area contributed by atoms with Crippen LogP contribution in [-0.2, 0) is 61.9 Å². The lowest BCUT2D eigenvalue weighted by Gasteiger charge is -2.43. The number of cyclic esters (lactones) is 1. The predicted molar refractivity (Wildman–Crippen MR) is 283 cm³/mol. The number of piperidine rings is 1.